The second-order valence-electron chi connectivity index (χ2n) is 7.64. The van der Waals surface area contributed by atoms with Crippen LogP contribution in [-0.4, -0.2) is 20.5 Å². The molecule has 0 spiro atoms. The van der Waals surface area contributed by atoms with Crippen LogP contribution < -0.4 is 15.1 Å². The van der Waals surface area contributed by atoms with Crippen molar-refractivity contribution < 1.29 is 19.8 Å². The second kappa shape index (κ2) is 5.91. The largest absolute Gasteiger partial charge is 0.507 e. The number of aromatic nitrogens is 2. The Kier molecular flexibility index (Phi) is 3.55. The fraction of sp³-hybridized carbons (Fsp3) is 0.174. The van der Waals surface area contributed by atoms with E-state index in [1.165, 1.54) is 4.57 Å². The van der Waals surface area contributed by atoms with Crippen LogP contribution in [0, 0.1) is 6.92 Å². The Hall–Kier alpha value is -3.67. The minimum atomic E-state index is -0.459. The van der Waals surface area contributed by atoms with Crippen molar-refractivity contribution in [2.24, 2.45) is 14.1 Å². The average Bonchev–Trinajstić information content (AvgIpc) is 3.02. The van der Waals surface area contributed by atoms with Crippen LogP contribution in [0.25, 0.3) is 5.76 Å². The monoisotopic (exact) mass is 387 g/mol. The van der Waals surface area contributed by atoms with E-state index in [9.17, 15) is 15.0 Å². The van der Waals surface area contributed by atoms with Gasteiger partial charge in [-0.25, -0.2) is 4.57 Å². The van der Waals surface area contributed by atoms with Crippen LogP contribution in [0.3, 0.4) is 0 Å². The van der Waals surface area contributed by atoms with E-state index in [1.807, 2.05) is 55.5 Å². The summed E-state index contributed by atoms with van der Waals surface area (Å²) >= 11 is 0. The van der Waals surface area contributed by atoms with Gasteiger partial charge in [-0.2, -0.15) is 0 Å². The normalized spacial score (nSPS) is 16.9. The van der Waals surface area contributed by atoms with Gasteiger partial charge in [-0.15, -0.1) is 4.99 Å². The predicted octanol–water partition coefficient (Wildman–Crippen LogP) is 0.853. The third-order valence-corrected chi connectivity index (χ3v) is 5.93. The topological polar surface area (TPSA) is 80.3 Å². The molecule has 5 rings (SSSR count). The van der Waals surface area contributed by atoms with Crippen molar-refractivity contribution in [1.82, 2.24) is 4.57 Å². The molecule has 1 aliphatic heterocycles. The van der Waals surface area contributed by atoms with E-state index in [4.69, 9.17) is 0 Å². The Morgan fingerprint density at radius 1 is 1.03 bits per heavy atom. The zero-order chi connectivity index (χ0) is 20.4. The first kappa shape index (κ1) is 17.4. The van der Waals surface area contributed by atoms with Crippen LogP contribution in [0.1, 0.15) is 33.7 Å². The van der Waals surface area contributed by atoms with Crippen LogP contribution in [-0.2, 0) is 14.1 Å². The van der Waals surface area contributed by atoms with E-state index < -0.39 is 5.92 Å². The van der Waals surface area contributed by atoms with E-state index in [0.717, 1.165) is 28.0 Å². The highest BCUT2D eigenvalue weighted by Gasteiger charge is 2.48. The minimum Gasteiger partial charge on any atom is -0.507 e. The molecule has 0 fully saturated rings. The molecule has 0 amide bonds. The van der Waals surface area contributed by atoms with Crippen molar-refractivity contribution in [2.45, 2.75) is 12.8 Å². The number of rotatable bonds is 1. The molecule has 1 aliphatic carbocycles. The molecule has 0 radical (unpaired) electrons. The summed E-state index contributed by atoms with van der Waals surface area (Å²) in [5.41, 5.74) is 5.28. The molecule has 0 bridgehead atoms. The highest BCUT2D eigenvalue weighted by atomic mass is 16.3. The molecule has 2 aliphatic rings. The summed E-state index contributed by atoms with van der Waals surface area (Å²) in [6.45, 7) is 2.01. The third kappa shape index (κ3) is 2.26. The maximum absolute atomic E-state index is 13.2. The molecule has 3 N–H and O–H groups in total. The Morgan fingerprint density at radius 2 is 1.69 bits per heavy atom. The highest BCUT2D eigenvalue weighted by molar-refractivity contribution is 6.21. The van der Waals surface area contributed by atoms with Crippen LogP contribution in [0.2, 0.25) is 0 Å². The summed E-state index contributed by atoms with van der Waals surface area (Å²) in [4.78, 5) is 16.6. The number of aliphatic hydroxyl groups excluding tert-OH is 1. The first-order valence-corrected chi connectivity index (χ1v) is 9.45. The second-order valence-corrected chi connectivity index (χ2v) is 7.64. The molecule has 1 atom stereocenters. The number of aliphatic hydroxyl groups is 1. The van der Waals surface area contributed by atoms with E-state index in [2.05, 4.69) is 4.99 Å². The predicted molar refractivity (Wildman–Crippen MR) is 108 cm³/mol. The molecular formula is C23H21N3O3+2. The lowest BCUT2D eigenvalue weighted by Gasteiger charge is -2.20. The summed E-state index contributed by atoms with van der Waals surface area (Å²) < 4.78 is 2.80. The van der Waals surface area contributed by atoms with Crippen molar-refractivity contribution in [1.29, 1.82) is 0 Å². The first-order chi connectivity index (χ1) is 13.9. The van der Waals surface area contributed by atoms with Crippen molar-refractivity contribution in [2.75, 3.05) is 0 Å². The molecule has 0 saturated heterocycles. The Morgan fingerprint density at radius 3 is 2.38 bits per heavy atom. The average molecular weight is 387 g/mol. The number of allylic oxidation sites excluding steroid dienone is 1. The molecule has 3 aromatic rings. The van der Waals surface area contributed by atoms with Crippen LogP contribution in [0.4, 0.5) is 5.82 Å². The molecule has 2 heterocycles. The van der Waals surface area contributed by atoms with Gasteiger partial charge >= 0.3 is 11.8 Å². The molecule has 6 nitrogen and oxygen atoms in total. The van der Waals surface area contributed by atoms with Gasteiger partial charge in [-0.05, 0) is 18.6 Å². The Balaban J connectivity index is 1.93. The molecule has 2 aromatic carbocycles. The molecule has 6 heteroatoms. The van der Waals surface area contributed by atoms with Gasteiger partial charge in [-0.1, -0.05) is 52.6 Å². The quantitative estimate of drug-likeness (QED) is 0.542. The standard InChI is InChI=1S/C23H19N3O3/c1-12-8-10-13(11-9-12)16-17-19(14-6-4-5-7-15(14)20(17)27)24-21-18(16)22(28)26(3)23(29)25(21)2/h4-11,16H,1-3H3,(H,24,27,28)/p+2. The summed E-state index contributed by atoms with van der Waals surface area (Å²) in [7, 11) is 3.25. The van der Waals surface area contributed by atoms with Crippen molar-refractivity contribution in [3.05, 3.63) is 92.3 Å². The van der Waals surface area contributed by atoms with Gasteiger partial charge in [0.25, 0.3) is 5.56 Å². The number of fused-ring (bicyclic) bond motifs is 4. The van der Waals surface area contributed by atoms with Gasteiger partial charge in [0.2, 0.25) is 5.71 Å². The number of benzene rings is 2. The lowest BCUT2D eigenvalue weighted by Crippen LogP contribution is -2.75. The minimum absolute atomic E-state index is 0.146. The summed E-state index contributed by atoms with van der Waals surface area (Å²) in [5, 5.41) is 21.6. The van der Waals surface area contributed by atoms with E-state index in [0.29, 0.717) is 17.0 Å². The Bertz CT molecular complexity index is 1310. The summed E-state index contributed by atoms with van der Waals surface area (Å²) in [6, 6.07) is 15.4. The number of aryl methyl sites for hydroxylation is 1. The SMILES string of the molecule is Cc1ccc(C2C3=C(O)c4ccccc4C3=[NH+]c3c2c(=O)n(C)c(O)[n+]3C)cc1. The third-order valence-electron chi connectivity index (χ3n) is 5.93. The van der Waals surface area contributed by atoms with Gasteiger partial charge in [-0.3, -0.25) is 4.79 Å². The molecule has 0 saturated carbocycles. The maximum atomic E-state index is 13.2. The van der Waals surface area contributed by atoms with E-state index >= 15 is 0 Å². The summed E-state index contributed by atoms with van der Waals surface area (Å²) in [5.74, 6) is 0.247. The fourth-order valence-electron chi connectivity index (χ4n) is 4.38. The van der Waals surface area contributed by atoms with Crippen LogP contribution in [0.5, 0.6) is 6.01 Å². The van der Waals surface area contributed by atoms with Crippen LogP contribution >= 0.6 is 0 Å². The number of nitrogens with zero attached hydrogens (tertiary/aromatic N) is 2. The lowest BCUT2D eigenvalue weighted by molar-refractivity contribution is -0.723. The van der Waals surface area contributed by atoms with Gasteiger partial charge in [0.1, 0.15) is 5.76 Å². The molecule has 1 unspecified atom stereocenters. The van der Waals surface area contributed by atoms with Gasteiger partial charge in [0.05, 0.1) is 17.1 Å². The van der Waals surface area contributed by atoms with E-state index in [1.54, 1.807) is 18.7 Å². The number of hydrogen-bond donors (Lipinski definition) is 3. The zero-order valence-corrected chi connectivity index (χ0v) is 16.4. The molecular weight excluding hydrogens is 366 g/mol. The lowest BCUT2D eigenvalue weighted by atomic mass is 9.81. The van der Waals surface area contributed by atoms with Gasteiger partial charge < -0.3 is 10.2 Å². The molecule has 29 heavy (non-hydrogen) atoms. The molecule has 1 aromatic heterocycles. The summed E-state index contributed by atoms with van der Waals surface area (Å²) in [6.07, 6.45) is 0. The van der Waals surface area contributed by atoms with Crippen molar-refractivity contribution >= 4 is 17.3 Å². The number of nitrogens with one attached hydrogen (secondary N) is 1. The van der Waals surface area contributed by atoms with Crippen LogP contribution in [0.15, 0.2) is 58.9 Å². The Labute approximate surface area is 167 Å². The van der Waals surface area contributed by atoms with E-state index in [-0.39, 0.29) is 17.3 Å². The fourth-order valence-corrected chi connectivity index (χ4v) is 4.38. The smallest absolute Gasteiger partial charge is 0.462 e. The number of hydrogen-bond acceptors (Lipinski definition) is 3. The maximum Gasteiger partial charge on any atom is 0.462 e. The highest BCUT2D eigenvalue weighted by Crippen LogP contribution is 2.43. The number of aromatic hydroxyl groups is 1. The zero-order valence-electron chi connectivity index (χ0n) is 16.4. The first-order valence-electron chi connectivity index (χ1n) is 9.45. The van der Waals surface area contributed by atoms with Gasteiger partial charge in [0, 0.05) is 12.6 Å². The van der Waals surface area contributed by atoms with Crippen molar-refractivity contribution in [3.63, 3.8) is 0 Å². The van der Waals surface area contributed by atoms with Crippen molar-refractivity contribution in [3.8, 4) is 6.01 Å². The van der Waals surface area contributed by atoms with Gasteiger partial charge in [0.15, 0.2) is 12.6 Å². The molecule has 144 valence electrons.